The topological polar surface area (TPSA) is 82.0 Å². The first-order valence-corrected chi connectivity index (χ1v) is 3.97. The zero-order valence-electron chi connectivity index (χ0n) is 7.62. The largest absolute Gasteiger partial charge is 0.490 e. The molecule has 0 radical (unpaired) electrons. The van der Waals surface area contributed by atoms with E-state index in [9.17, 15) is 18.1 Å². The normalized spacial score (nSPS) is 16.3. The molecule has 0 spiro atoms. The minimum absolute atomic E-state index is 0.753. The third kappa shape index (κ3) is 6.66. The number of halogens is 3. The Bertz CT molecular complexity index is 215. The molecule has 1 fully saturated rings. The molecule has 1 aliphatic heterocycles. The van der Waals surface area contributed by atoms with Gasteiger partial charge in [-0.05, 0) is 0 Å². The number of rotatable bonds is 1. The molecule has 0 amide bonds. The van der Waals surface area contributed by atoms with E-state index in [1.165, 1.54) is 5.01 Å². The standard InChI is InChI=1S/C4H9N3O.C2HF3O2/c8-6-7-3-1-5-2-4-7;3-2(4,5)1(6)7/h5H,1-4H2;(H,6,7). The minimum Gasteiger partial charge on any atom is -0.475 e. The van der Waals surface area contributed by atoms with E-state index in [1.807, 2.05) is 0 Å². The number of nitroso groups, excluding NO2 is 1. The van der Waals surface area contributed by atoms with Gasteiger partial charge >= 0.3 is 12.1 Å². The Morgan fingerprint density at radius 2 is 1.73 bits per heavy atom. The van der Waals surface area contributed by atoms with Crippen LogP contribution >= 0.6 is 0 Å². The van der Waals surface area contributed by atoms with Crippen LogP contribution in [0.3, 0.4) is 0 Å². The Hall–Kier alpha value is -1.38. The molecule has 0 saturated carbocycles. The van der Waals surface area contributed by atoms with E-state index in [0.29, 0.717) is 0 Å². The van der Waals surface area contributed by atoms with Crippen LogP contribution in [0.4, 0.5) is 13.2 Å². The second-order valence-corrected chi connectivity index (χ2v) is 2.59. The van der Waals surface area contributed by atoms with E-state index in [1.54, 1.807) is 0 Å². The van der Waals surface area contributed by atoms with E-state index in [2.05, 4.69) is 10.6 Å². The summed E-state index contributed by atoms with van der Waals surface area (Å²) in [5.41, 5.74) is 0. The van der Waals surface area contributed by atoms with Gasteiger partial charge in [0.15, 0.2) is 0 Å². The Labute approximate surface area is 83.0 Å². The van der Waals surface area contributed by atoms with Crippen LogP contribution in [-0.4, -0.2) is 48.4 Å². The molecule has 88 valence electrons. The van der Waals surface area contributed by atoms with E-state index in [-0.39, 0.29) is 0 Å². The van der Waals surface area contributed by atoms with Crippen LogP contribution in [-0.2, 0) is 4.79 Å². The Kier molecular flexibility index (Phi) is 5.60. The maximum Gasteiger partial charge on any atom is 0.490 e. The second-order valence-electron chi connectivity index (χ2n) is 2.59. The quantitative estimate of drug-likeness (QED) is 0.628. The number of carbonyl (C=O) groups is 1. The predicted molar refractivity (Wildman–Crippen MR) is 43.9 cm³/mol. The molecule has 6 nitrogen and oxygen atoms in total. The highest BCUT2D eigenvalue weighted by atomic mass is 19.4. The third-order valence-electron chi connectivity index (χ3n) is 1.45. The van der Waals surface area contributed by atoms with E-state index in [4.69, 9.17) is 9.90 Å². The minimum atomic E-state index is -5.08. The fourth-order valence-electron chi connectivity index (χ4n) is 0.735. The Balaban J connectivity index is 0.000000265. The second kappa shape index (κ2) is 6.17. The van der Waals surface area contributed by atoms with Gasteiger partial charge in [-0.15, -0.1) is 4.91 Å². The number of carboxylic acid groups (broad SMARTS) is 1. The lowest BCUT2D eigenvalue weighted by molar-refractivity contribution is -0.192. The molecule has 0 aromatic carbocycles. The number of carboxylic acids is 1. The molecule has 15 heavy (non-hydrogen) atoms. The van der Waals surface area contributed by atoms with Gasteiger partial charge in [0.1, 0.15) is 0 Å². The van der Waals surface area contributed by atoms with Crippen molar-refractivity contribution < 1.29 is 23.1 Å². The molecule has 1 saturated heterocycles. The zero-order valence-corrected chi connectivity index (χ0v) is 7.62. The van der Waals surface area contributed by atoms with Gasteiger partial charge in [0.05, 0.1) is 18.4 Å². The van der Waals surface area contributed by atoms with Crippen molar-refractivity contribution in [2.75, 3.05) is 26.2 Å². The van der Waals surface area contributed by atoms with Gasteiger partial charge in [-0.2, -0.15) is 13.2 Å². The Morgan fingerprint density at radius 3 is 1.93 bits per heavy atom. The first-order valence-electron chi connectivity index (χ1n) is 3.97. The number of nitrogens with zero attached hydrogens (tertiary/aromatic N) is 2. The van der Waals surface area contributed by atoms with Crippen LogP contribution in [0.25, 0.3) is 0 Å². The van der Waals surface area contributed by atoms with Crippen molar-refractivity contribution in [3.63, 3.8) is 0 Å². The van der Waals surface area contributed by atoms with E-state index in [0.717, 1.165) is 26.2 Å². The summed E-state index contributed by atoms with van der Waals surface area (Å²) in [6, 6.07) is 0. The molecular formula is C6H10F3N3O3. The molecule has 0 aliphatic carbocycles. The fourth-order valence-corrected chi connectivity index (χ4v) is 0.735. The molecule has 0 atom stereocenters. The first kappa shape index (κ1) is 13.6. The summed E-state index contributed by atoms with van der Waals surface area (Å²) < 4.78 is 31.7. The zero-order chi connectivity index (χ0) is 11.9. The van der Waals surface area contributed by atoms with E-state index < -0.39 is 12.1 Å². The van der Waals surface area contributed by atoms with Gasteiger partial charge in [-0.25, -0.2) is 4.79 Å². The van der Waals surface area contributed by atoms with Crippen LogP contribution in [0.2, 0.25) is 0 Å². The average molecular weight is 229 g/mol. The summed E-state index contributed by atoms with van der Waals surface area (Å²) in [7, 11) is 0. The van der Waals surface area contributed by atoms with Crippen molar-refractivity contribution >= 4 is 5.97 Å². The van der Waals surface area contributed by atoms with Gasteiger partial charge in [0.2, 0.25) is 0 Å². The highest BCUT2D eigenvalue weighted by Crippen LogP contribution is 2.13. The summed E-state index contributed by atoms with van der Waals surface area (Å²) in [5, 5.41) is 14.5. The number of hydrogen-bond acceptors (Lipinski definition) is 4. The highest BCUT2D eigenvalue weighted by Gasteiger charge is 2.38. The molecule has 0 unspecified atom stereocenters. The predicted octanol–water partition coefficient (Wildman–Crippen LogP) is 0.206. The number of nitrogens with one attached hydrogen (secondary N) is 1. The molecule has 2 N–H and O–H groups in total. The van der Waals surface area contributed by atoms with Crippen molar-refractivity contribution in [3.05, 3.63) is 4.91 Å². The van der Waals surface area contributed by atoms with Crippen LogP contribution in [0, 0.1) is 4.91 Å². The number of piperazine rings is 1. The van der Waals surface area contributed by atoms with Gasteiger partial charge in [0.25, 0.3) is 0 Å². The number of aliphatic carboxylic acids is 1. The van der Waals surface area contributed by atoms with Crippen LogP contribution in [0.15, 0.2) is 5.29 Å². The highest BCUT2D eigenvalue weighted by molar-refractivity contribution is 5.73. The van der Waals surface area contributed by atoms with Crippen molar-refractivity contribution in [2.24, 2.45) is 5.29 Å². The van der Waals surface area contributed by atoms with E-state index >= 15 is 0 Å². The lowest BCUT2D eigenvalue weighted by Gasteiger charge is -2.20. The van der Waals surface area contributed by atoms with Crippen LogP contribution in [0.5, 0.6) is 0 Å². The molecular weight excluding hydrogens is 219 g/mol. The molecule has 1 rings (SSSR count). The van der Waals surface area contributed by atoms with Gasteiger partial charge in [0, 0.05) is 13.1 Å². The van der Waals surface area contributed by atoms with Crippen LogP contribution < -0.4 is 5.32 Å². The molecule has 0 aromatic heterocycles. The molecule has 1 aliphatic rings. The maximum absolute atomic E-state index is 10.6. The van der Waals surface area contributed by atoms with Crippen molar-refractivity contribution in [3.8, 4) is 0 Å². The average Bonchev–Trinajstić information content (AvgIpc) is 2.18. The third-order valence-corrected chi connectivity index (χ3v) is 1.45. The molecule has 0 aromatic rings. The van der Waals surface area contributed by atoms with Crippen molar-refractivity contribution in [2.45, 2.75) is 6.18 Å². The lowest BCUT2D eigenvalue weighted by Crippen LogP contribution is -2.40. The summed E-state index contributed by atoms with van der Waals surface area (Å²) >= 11 is 0. The van der Waals surface area contributed by atoms with Crippen LogP contribution in [0.1, 0.15) is 0 Å². The lowest BCUT2D eigenvalue weighted by atomic mass is 10.4. The van der Waals surface area contributed by atoms with Crippen molar-refractivity contribution in [1.82, 2.24) is 10.3 Å². The summed E-state index contributed by atoms with van der Waals surface area (Å²) in [6.45, 7) is 3.27. The van der Waals surface area contributed by atoms with Gasteiger partial charge < -0.3 is 10.4 Å². The first-order chi connectivity index (χ1) is 6.88. The number of alkyl halides is 3. The molecule has 1 heterocycles. The van der Waals surface area contributed by atoms with Crippen molar-refractivity contribution in [1.29, 1.82) is 0 Å². The van der Waals surface area contributed by atoms with Gasteiger partial charge in [-0.3, -0.25) is 5.01 Å². The summed E-state index contributed by atoms with van der Waals surface area (Å²) in [5.74, 6) is -2.76. The maximum atomic E-state index is 10.6. The molecule has 9 heteroatoms. The Morgan fingerprint density at radius 1 is 1.33 bits per heavy atom. The van der Waals surface area contributed by atoms with Gasteiger partial charge in [-0.1, -0.05) is 0 Å². The fraction of sp³-hybridized carbons (Fsp3) is 0.833. The summed E-state index contributed by atoms with van der Waals surface area (Å²) in [4.78, 5) is 18.7. The monoisotopic (exact) mass is 229 g/mol. The molecule has 0 bridgehead atoms. The smallest absolute Gasteiger partial charge is 0.475 e. The number of hydrogen-bond donors (Lipinski definition) is 2. The summed E-state index contributed by atoms with van der Waals surface area (Å²) in [6.07, 6.45) is -5.08. The SMILES string of the molecule is O=C(O)C(F)(F)F.O=NN1CCNCC1.